The molecular formula is C20H26N4O3. The quantitative estimate of drug-likeness (QED) is 0.618. The fourth-order valence-electron chi connectivity index (χ4n) is 2.93. The predicted octanol–water partition coefficient (Wildman–Crippen LogP) is 2.18. The van der Waals surface area contributed by atoms with Gasteiger partial charge in [-0.05, 0) is 25.3 Å². The molecule has 0 spiro atoms. The van der Waals surface area contributed by atoms with Crippen LogP contribution in [0.4, 0.5) is 5.69 Å². The predicted molar refractivity (Wildman–Crippen MR) is 105 cm³/mol. The topological polar surface area (TPSA) is 106 Å². The third-order valence-electron chi connectivity index (χ3n) is 4.67. The molecule has 0 radical (unpaired) electrons. The maximum Gasteiger partial charge on any atom is 0.255 e. The number of pyridine rings is 1. The van der Waals surface area contributed by atoms with Crippen molar-refractivity contribution in [3.8, 4) is 5.75 Å². The largest absolute Gasteiger partial charge is 0.496 e. The number of nitrogens with zero attached hydrogens (tertiary/aromatic N) is 1. The Morgan fingerprint density at radius 3 is 2.78 bits per heavy atom. The summed E-state index contributed by atoms with van der Waals surface area (Å²) in [5.41, 5.74) is 8.33. The zero-order chi connectivity index (χ0) is 19.4. The van der Waals surface area contributed by atoms with Gasteiger partial charge in [0.15, 0.2) is 0 Å². The van der Waals surface area contributed by atoms with Crippen LogP contribution in [0.15, 0.2) is 18.3 Å². The van der Waals surface area contributed by atoms with E-state index in [1.807, 2.05) is 0 Å². The number of nitrogens with two attached hydrogens (primary N) is 1. The molecule has 4 N–H and O–H groups in total. The Morgan fingerprint density at radius 1 is 1.33 bits per heavy atom. The summed E-state index contributed by atoms with van der Waals surface area (Å²) in [6.07, 6.45) is 5.64. The van der Waals surface area contributed by atoms with Gasteiger partial charge in [0.05, 0.1) is 30.3 Å². The molecule has 1 aromatic heterocycles. The molecule has 7 heteroatoms. The van der Waals surface area contributed by atoms with Crippen molar-refractivity contribution in [2.45, 2.75) is 45.1 Å². The fraction of sp³-hybridized carbons (Fsp3) is 0.450. The zero-order valence-electron chi connectivity index (χ0n) is 15.8. The molecule has 1 fully saturated rings. The third kappa shape index (κ3) is 4.48. The Labute approximate surface area is 158 Å². The number of nitrogen functional groups attached to an aromatic ring is 1. The van der Waals surface area contributed by atoms with E-state index >= 15 is 0 Å². The van der Waals surface area contributed by atoms with Gasteiger partial charge in [-0.3, -0.25) is 14.6 Å². The molecule has 0 bridgehead atoms. The highest BCUT2D eigenvalue weighted by Crippen LogP contribution is 2.31. The summed E-state index contributed by atoms with van der Waals surface area (Å²) in [4.78, 5) is 28.9. The minimum atomic E-state index is -0.209. The van der Waals surface area contributed by atoms with E-state index < -0.39 is 0 Å². The number of hydrogen-bond donors (Lipinski definition) is 3. The highest BCUT2D eigenvalue weighted by molar-refractivity contribution is 6.06. The Hall–Kier alpha value is -2.83. The number of benzene rings is 1. The van der Waals surface area contributed by atoms with Gasteiger partial charge in [-0.25, -0.2) is 0 Å². The van der Waals surface area contributed by atoms with Crippen molar-refractivity contribution in [3.05, 3.63) is 29.5 Å². The van der Waals surface area contributed by atoms with Gasteiger partial charge in [0.25, 0.3) is 5.91 Å². The Kier molecular flexibility index (Phi) is 5.78. The van der Waals surface area contributed by atoms with E-state index in [1.54, 1.807) is 19.2 Å². The Morgan fingerprint density at radius 2 is 2.11 bits per heavy atom. The van der Waals surface area contributed by atoms with E-state index in [0.29, 0.717) is 40.0 Å². The lowest BCUT2D eigenvalue weighted by Crippen LogP contribution is -2.26. The Bertz CT molecular complexity index is 862. The van der Waals surface area contributed by atoms with Crippen LogP contribution in [-0.2, 0) is 11.2 Å². The molecule has 7 nitrogen and oxygen atoms in total. The summed E-state index contributed by atoms with van der Waals surface area (Å²) in [7, 11) is 1.56. The summed E-state index contributed by atoms with van der Waals surface area (Å²) in [6, 6.07) is 3.79. The first-order valence-electron chi connectivity index (χ1n) is 9.36. The first kappa shape index (κ1) is 18.9. The van der Waals surface area contributed by atoms with E-state index in [0.717, 1.165) is 25.7 Å². The van der Waals surface area contributed by atoms with E-state index in [1.165, 1.54) is 6.20 Å². The van der Waals surface area contributed by atoms with Gasteiger partial charge in [-0.1, -0.05) is 13.3 Å². The van der Waals surface area contributed by atoms with Crippen LogP contribution in [0, 0.1) is 0 Å². The van der Waals surface area contributed by atoms with E-state index in [4.69, 9.17) is 10.5 Å². The number of nitrogens with one attached hydrogen (secondary N) is 2. The van der Waals surface area contributed by atoms with Crippen LogP contribution in [-0.4, -0.2) is 36.5 Å². The van der Waals surface area contributed by atoms with E-state index in [-0.39, 0.29) is 24.3 Å². The van der Waals surface area contributed by atoms with Gasteiger partial charge in [0, 0.05) is 35.8 Å². The second kappa shape index (κ2) is 8.24. The average Bonchev–Trinajstić information content (AvgIpc) is 3.46. The molecule has 0 saturated heterocycles. The summed E-state index contributed by atoms with van der Waals surface area (Å²) >= 11 is 0. The number of anilines is 1. The molecule has 1 saturated carbocycles. The third-order valence-corrected chi connectivity index (χ3v) is 4.67. The summed E-state index contributed by atoms with van der Waals surface area (Å²) in [5.74, 6) is 0.296. The number of hydrogen-bond acceptors (Lipinski definition) is 5. The number of aromatic nitrogens is 1. The Balaban J connectivity index is 1.89. The summed E-state index contributed by atoms with van der Waals surface area (Å²) in [6.45, 7) is 2.73. The molecule has 1 heterocycles. The standard InChI is InChI=1S/C20H26N4O3/c1-3-4-7-22-18(25)9-12-8-14-16(10-17(12)27-2)23-11-15(19(14)21)20(26)24-13-5-6-13/h8,10-11,13H,3-7,9H2,1-2H3,(H2,21,23)(H,22,25)(H,24,26). The van der Waals surface area contributed by atoms with Crippen molar-refractivity contribution >= 4 is 28.4 Å². The monoisotopic (exact) mass is 370 g/mol. The fourth-order valence-corrected chi connectivity index (χ4v) is 2.93. The van der Waals surface area contributed by atoms with Gasteiger partial charge in [0.2, 0.25) is 5.91 Å². The molecule has 2 aromatic rings. The second-order valence-corrected chi connectivity index (χ2v) is 6.89. The van der Waals surface area contributed by atoms with Crippen molar-refractivity contribution in [1.82, 2.24) is 15.6 Å². The van der Waals surface area contributed by atoms with Crippen LogP contribution in [0.5, 0.6) is 5.75 Å². The maximum absolute atomic E-state index is 12.4. The molecular weight excluding hydrogens is 344 g/mol. The highest BCUT2D eigenvalue weighted by Gasteiger charge is 2.25. The lowest BCUT2D eigenvalue weighted by atomic mass is 10.0. The minimum absolute atomic E-state index is 0.0738. The maximum atomic E-state index is 12.4. The number of fused-ring (bicyclic) bond motifs is 1. The number of rotatable bonds is 8. The van der Waals surface area contributed by atoms with Crippen molar-refractivity contribution in [2.75, 3.05) is 19.4 Å². The molecule has 1 aliphatic rings. The SMILES string of the molecule is CCCCNC(=O)Cc1cc2c(N)c(C(=O)NC3CC3)cnc2cc1OC. The van der Waals surface area contributed by atoms with Gasteiger partial charge >= 0.3 is 0 Å². The van der Waals surface area contributed by atoms with Crippen molar-refractivity contribution in [2.24, 2.45) is 0 Å². The van der Waals surface area contributed by atoms with Crippen LogP contribution in [0.1, 0.15) is 48.5 Å². The number of methoxy groups -OCH3 is 1. The van der Waals surface area contributed by atoms with Crippen molar-refractivity contribution < 1.29 is 14.3 Å². The van der Waals surface area contributed by atoms with Crippen LogP contribution in [0.3, 0.4) is 0 Å². The molecule has 3 rings (SSSR count). The molecule has 27 heavy (non-hydrogen) atoms. The molecule has 0 aliphatic heterocycles. The minimum Gasteiger partial charge on any atom is -0.496 e. The number of carbonyl (C=O) groups is 2. The van der Waals surface area contributed by atoms with Crippen LogP contribution in [0.25, 0.3) is 10.9 Å². The number of unbranched alkanes of at least 4 members (excludes halogenated alkanes) is 1. The van der Waals surface area contributed by atoms with Gasteiger partial charge in [-0.15, -0.1) is 0 Å². The number of carbonyl (C=O) groups excluding carboxylic acids is 2. The molecule has 0 atom stereocenters. The number of amides is 2. The first-order chi connectivity index (χ1) is 13.0. The lowest BCUT2D eigenvalue weighted by Gasteiger charge is -2.13. The van der Waals surface area contributed by atoms with Gasteiger partial charge in [-0.2, -0.15) is 0 Å². The second-order valence-electron chi connectivity index (χ2n) is 6.89. The lowest BCUT2D eigenvalue weighted by molar-refractivity contribution is -0.120. The molecule has 1 aromatic carbocycles. The van der Waals surface area contributed by atoms with E-state index in [9.17, 15) is 9.59 Å². The van der Waals surface area contributed by atoms with Crippen LogP contribution < -0.4 is 21.1 Å². The van der Waals surface area contributed by atoms with Crippen molar-refractivity contribution in [3.63, 3.8) is 0 Å². The summed E-state index contributed by atoms with van der Waals surface area (Å²) in [5, 5.41) is 6.47. The van der Waals surface area contributed by atoms with Crippen LogP contribution in [0.2, 0.25) is 0 Å². The van der Waals surface area contributed by atoms with Crippen LogP contribution >= 0.6 is 0 Å². The molecule has 144 valence electrons. The smallest absolute Gasteiger partial charge is 0.255 e. The summed E-state index contributed by atoms with van der Waals surface area (Å²) < 4.78 is 5.42. The highest BCUT2D eigenvalue weighted by atomic mass is 16.5. The molecule has 2 amide bonds. The van der Waals surface area contributed by atoms with Gasteiger partial charge < -0.3 is 21.1 Å². The normalized spacial score (nSPS) is 13.4. The van der Waals surface area contributed by atoms with Gasteiger partial charge in [0.1, 0.15) is 5.75 Å². The average molecular weight is 370 g/mol. The number of ether oxygens (including phenoxy) is 1. The first-order valence-corrected chi connectivity index (χ1v) is 9.36. The molecule has 0 unspecified atom stereocenters. The molecule has 1 aliphatic carbocycles. The zero-order valence-corrected chi connectivity index (χ0v) is 15.8. The van der Waals surface area contributed by atoms with Crippen molar-refractivity contribution in [1.29, 1.82) is 0 Å². The van der Waals surface area contributed by atoms with E-state index in [2.05, 4.69) is 22.5 Å².